The molecule has 0 saturated heterocycles. The first kappa shape index (κ1) is 91.4. The second-order valence-electron chi connectivity index (χ2n) is 25.8. The molecule has 0 spiro atoms. The van der Waals surface area contributed by atoms with Crippen molar-refractivity contribution < 1.29 is 26.0 Å². The Morgan fingerprint density at radius 1 is 0.427 bits per heavy atom. The lowest BCUT2D eigenvalue weighted by atomic mass is 8.22. The van der Waals surface area contributed by atoms with E-state index >= 15 is 0 Å². The standard InChI is InChI=1S/C25H23F4NO2S.B63/c1-17-2-14-23(15-3-17)33(31,32)30-22(13-8-19-7-11-21(26)16-24(19)30)12-6-18-4-9-20(10-5-18)25(27,28)29;1-33-49(32)57(48(30)31)61(56(46(26)27)47(28)29)63(60(54(42(18)19)43(20)21)55(44(22)23)45(24)25)62(58(50(34(2)3)35(4)5)51(36(6)7)37(8)9)59(52(38(10)11)39(12)13)53(40(14)15)41(16)17/h2-5,7,9-11,14-16,22H,6,8,12-13H2,1H3;. The van der Waals surface area contributed by atoms with Gasteiger partial charge in [-0.15, -0.1) is 0 Å². The van der Waals surface area contributed by atoms with Gasteiger partial charge in [0, 0.05) is 452 Å². The highest BCUT2D eigenvalue weighted by Crippen LogP contribution is 2.38. The number of hydrogen-bond acceptors (Lipinski definition) is 2. The average Bonchev–Trinajstić information content (AvgIpc) is 0.743. The summed E-state index contributed by atoms with van der Waals surface area (Å²) in [6.45, 7) is 1.86. The van der Waals surface area contributed by atoms with Gasteiger partial charge in [0.1, 0.15) is 5.82 Å². The Morgan fingerprint density at radius 3 is 1.00 bits per heavy atom. The fourth-order valence-electron chi connectivity index (χ4n) is 15.1. The summed E-state index contributed by atoms with van der Waals surface area (Å²) in [5.74, 6) is -0.527. The molecule has 0 aromatic heterocycles. The zero-order valence-corrected chi connectivity index (χ0v) is 55.1. The molecule has 1 heterocycles. The maximum Gasteiger partial charge on any atom is 0.416 e. The average molecular weight is 1160 g/mol. The van der Waals surface area contributed by atoms with Crippen molar-refractivity contribution in [2.75, 3.05) is 4.31 Å². The van der Waals surface area contributed by atoms with Crippen LogP contribution >= 0.6 is 0 Å². The van der Waals surface area contributed by atoms with E-state index in [0.717, 1.165) is 30.3 Å². The van der Waals surface area contributed by atoms with Gasteiger partial charge < -0.3 is 0 Å². The van der Waals surface area contributed by atoms with Crippen molar-refractivity contribution in [2.45, 2.75) is 49.7 Å². The second kappa shape index (κ2) is 40.8. The first-order valence-electron chi connectivity index (χ1n) is 31.3. The van der Waals surface area contributed by atoms with Gasteiger partial charge in [-0.05, 0) is 80.1 Å². The Morgan fingerprint density at radius 2 is 0.719 bits per heavy atom. The highest BCUT2D eigenvalue weighted by atomic mass is 32.2. The lowest BCUT2D eigenvalue weighted by molar-refractivity contribution is -0.137. The lowest BCUT2D eigenvalue weighted by Crippen LogP contribution is -2.97. The molecule has 1 aliphatic heterocycles. The number of aryl methyl sites for hydroxylation is 3. The fraction of sp³-hybridized carbons (Fsp3) is 0.280. The molecule has 0 bridgehead atoms. The SMILES string of the molecule is Cc1ccc(S(=O)(=O)N2c3cc(F)ccc3CCC2CCc2ccc(C(F)(F)F)cc2)cc1.[B][B]B([B])B(B([B])[B])B(B(B([B])[B])B([B])[B])B(B(B(B([B])[B])B([B])[B])B(B([B])[B])B([B])[B])B(B(B(B([B])[B])B([B])[B])B(B([B])[B])B([B])[B])B(B(B([B])[B])B([B])[B])B(B([B])[B])B([B])[B]. The molecule has 3 aromatic rings. The van der Waals surface area contributed by atoms with E-state index in [1.807, 2.05) is 6.92 Å². The monoisotopic (exact) mass is 1170 g/mol. The number of fused-ring (bicyclic) bond motifs is 1. The van der Waals surface area contributed by atoms with E-state index in [4.69, 9.17) is 248 Å². The minimum absolute atomic E-state index is 0.116. The van der Waals surface area contributed by atoms with Gasteiger partial charge in [0.25, 0.3) is 10.0 Å². The zero-order chi connectivity index (χ0) is 73.8. The van der Waals surface area contributed by atoms with E-state index < -0.39 is 225 Å². The summed E-state index contributed by atoms with van der Waals surface area (Å²) < 4.78 is 81.2. The van der Waals surface area contributed by atoms with Crippen molar-refractivity contribution in [3.63, 3.8) is 0 Å². The van der Waals surface area contributed by atoms with Crippen molar-refractivity contribution in [3.05, 3.63) is 94.8 Å². The van der Waals surface area contributed by atoms with Crippen molar-refractivity contribution in [2.24, 2.45) is 0 Å². The third kappa shape index (κ3) is 23.9. The van der Waals surface area contributed by atoms with Crippen LogP contribution in [0.2, 0.25) is 0 Å². The van der Waals surface area contributed by atoms with Gasteiger partial charge in [0.2, 0.25) is 0 Å². The fourth-order valence-corrected chi connectivity index (χ4v) is 16.8. The molecule has 363 valence electrons. The van der Waals surface area contributed by atoms with Crippen molar-refractivity contribution in [3.8, 4) is 0 Å². The number of alkyl halides is 3. The Bertz CT molecular complexity index is 2700. The molecular formula is C25H23B63F4NO2S. The third-order valence-corrected chi connectivity index (χ3v) is 21.0. The number of nitrogens with zero attached hydrogens (tertiary/aromatic N) is 1. The number of halogens is 4. The van der Waals surface area contributed by atoms with Crippen LogP contribution in [0.4, 0.5) is 23.2 Å². The number of hydrogen-bond donors (Lipinski definition) is 0. The second-order valence-corrected chi connectivity index (χ2v) is 27.6. The van der Waals surface area contributed by atoms with E-state index in [1.54, 1.807) is 18.2 Å². The largest absolute Gasteiger partial charge is 0.416 e. The van der Waals surface area contributed by atoms with Crippen LogP contribution < -0.4 is 4.31 Å². The van der Waals surface area contributed by atoms with Crippen molar-refractivity contribution >= 4 is 462 Å². The van der Waals surface area contributed by atoms with Gasteiger partial charge >= 0.3 is 6.18 Å². The molecule has 71 heteroatoms. The van der Waals surface area contributed by atoms with E-state index in [0.29, 0.717) is 36.9 Å². The van der Waals surface area contributed by atoms with Crippen LogP contribution in [0.15, 0.2) is 71.6 Å². The maximum atomic E-state index is 14.1. The Hall–Kier alpha value is 1.22. The Labute approximate surface area is 631 Å². The molecule has 3 aromatic carbocycles. The molecule has 1 aliphatic rings. The molecule has 96 heavy (non-hydrogen) atoms. The van der Waals surface area contributed by atoms with Crippen molar-refractivity contribution in [1.82, 2.24) is 0 Å². The molecule has 0 saturated carbocycles. The minimum Gasteiger partial charge on any atom is -0.263 e. The quantitative estimate of drug-likeness (QED) is 0.0435. The van der Waals surface area contributed by atoms with E-state index in [9.17, 15) is 26.0 Å². The summed E-state index contributed by atoms with van der Waals surface area (Å²) in [6, 6.07) is 15.1. The van der Waals surface area contributed by atoms with E-state index in [-0.39, 0.29) is 4.90 Å². The molecular weight excluding hydrogens is 1140 g/mol. The molecule has 0 fully saturated rings. The summed E-state index contributed by atoms with van der Waals surface area (Å²) in [4.78, 5) is 0.116. The van der Waals surface area contributed by atoms with Gasteiger partial charge in [0.15, 0.2) is 0 Å². The first-order valence-corrected chi connectivity index (χ1v) is 32.7. The summed E-state index contributed by atoms with van der Waals surface area (Å²) in [5, 5.41) is 0. The Kier molecular flexibility index (Phi) is 38.9. The predicted octanol–water partition coefficient (Wildman–Crippen LogP) is -17.7. The third-order valence-electron chi connectivity index (χ3n) is 19.1. The molecule has 65 radical (unpaired) electrons. The topological polar surface area (TPSA) is 37.4 Å². The number of benzene rings is 3. The molecule has 0 N–H and O–H groups in total. The first-order chi connectivity index (χ1) is 44.2. The number of rotatable bonds is 35. The van der Waals surface area contributed by atoms with Gasteiger partial charge in [-0.1, -0.05) is 35.9 Å². The molecule has 1 atom stereocenters. The van der Waals surface area contributed by atoms with Gasteiger partial charge in [-0.25, -0.2) is 12.8 Å². The Balaban J connectivity index is 0.000000600. The molecule has 1 unspecified atom stereocenters. The van der Waals surface area contributed by atoms with Crippen LogP contribution in [0.5, 0.6) is 0 Å². The van der Waals surface area contributed by atoms with Crippen LogP contribution in [0.25, 0.3) is 0 Å². The van der Waals surface area contributed by atoms with E-state index in [1.165, 1.54) is 40.7 Å². The molecule has 0 aliphatic carbocycles. The maximum absolute atomic E-state index is 14.1. The molecule has 3 nitrogen and oxygen atoms in total. The summed E-state index contributed by atoms with van der Waals surface area (Å²) >= 11 is 0. The lowest BCUT2D eigenvalue weighted by Gasteiger charge is -2.59. The van der Waals surface area contributed by atoms with E-state index in [2.05, 4.69) is 0 Å². The molecule has 0 amide bonds. The molecule has 4 rings (SSSR count). The summed E-state index contributed by atoms with van der Waals surface area (Å²) in [6.07, 6.45) is -46.1. The van der Waals surface area contributed by atoms with Crippen LogP contribution in [0, 0.1) is 12.7 Å². The highest BCUT2D eigenvalue weighted by molar-refractivity contribution is 8.38. The van der Waals surface area contributed by atoms with Gasteiger partial charge in [0.05, 0.1) is 16.1 Å². The van der Waals surface area contributed by atoms with Crippen molar-refractivity contribution in [1.29, 1.82) is 0 Å². The van der Waals surface area contributed by atoms with Crippen LogP contribution in [-0.4, -0.2) is 461 Å². The van der Waals surface area contributed by atoms with Crippen LogP contribution in [-0.2, 0) is 29.0 Å². The van der Waals surface area contributed by atoms with Crippen LogP contribution in [0.1, 0.15) is 35.1 Å². The number of anilines is 1. The zero-order valence-electron chi connectivity index (χ0n) is 54.3. The number of sulfonamides is 1. The highest BCUT2D eigenvalue weighted by Gasteiger charge is 2.63. The predicted molar refractivity (Wildman–Crippen MR) is 482 cm³/mol. The van der Waals surface area contributed by atoms with Crippen LogP contribution in [0.3, 0.4) is 0 Å². The van der Waals surface area contributed by atoms with Gasteiger partial charge in [-0.2, -0.15) is 13.2 Å². The normalized spacial score (nSPS) is 12.1. The minimum atomic E-state index is -4.41. The summed E-state index contributed by atoms with van der Waals surface area (Å²) in [5.41, 5.74) is 1.94. The summed E-state index contributed by atoms with van der Waals surface area (Å²) in [7, 11) is 210. The smallest absolute Gasteiger partial charge is 0.263 e. The van der Waals surface area contributed by atoms with Gasteiger partial charge in [-0.3, -0.25) is 4.31 Å².